The maximum atomic E-state index is 12.9. The van der Waals surface area contributed by atoms with Crippen LogP contribution in [0.15, 0.2) is 53.4 Å². The van der Waals surface area contributed by atoms with Gasteiger partial charge in [0.2, 0.25) is 15.9 Å². The van der Waals surface area contributed by atoms with Crippen molar-refractivity contribution in [2.75, 3.05) is 20.2 Å². The Labute approximate surface area is 188 Å². The lowest BCUT2D eigenvalue weighted by Crippen LogP contribution is -2.48. The second-order valence-corrected chi connectivity index (χ2v) is 9.88. The third-order valence-corrected chi connectivity index (χ3v) is 7.57. The molecule has 8 nitrogen and oxygen atoms in total. The number of amides is 1. The van der Waals surface area contributed by atoms with Crippen LogP contribution >= 0.6 is 0 Å². The van der Waals surface area contributed by atoms with Gasteiger partial charge in [-0.3, -0.25) is 4.79 Å². The zero-order valence-corrected chi connectivity index (χ0v) is 19.0. The molecule has 0 spiro atoms. The molecule has 32 heavy (non-hydrogen) atoms. The summed E-state index contributed by atoms with van der Waals surface area (Å²) in [6.45, 7) is 2.36. The highest BCUT2D eigenvalue weighted by atomic mass is 32.2. The maximum absolute atomic E-state index is 12.9. The summed E-state index contributed by atoms with van der Waals surface area (Å²) in [5.74, 6) is -1.15. The molecule has 1 saturated heterocycles. The number of carbonyl (C=O) groups excluding carboxylic acids is 2. The van der Waals surface area contributed by atoms with Crippen molar-refractivity contribution in [3.05, 3.63) is 59.7 Å². The molecule has 0 aliphatic carbocycles. The molecule has 0 radical (unpaired) electrons. The van der Waals surface area contributed by atoms with Crippen LogP contribution in [0.5, 0.6) is 5.75 Å². The Hall–Kier alpha value is -2.91. The molecule has 1 atom stereocenters. The Morgan fingerprint density at radius 1 is 1.09 bits per heavy atom. The number of esters is 1. The minimum atomic E-state index is -3.61. The number of ether oxygens (including phenoxy) is 1. The van der Waals surface area contributed by atoms with E-state index in [-0.39, 0.29) is 36.1 Å². The molecule has 1 amide bonds. The van der Waals surface area contributed by atoms with Crippen molar-refractivity contribution in [1.82, 2.24) is 9.62 Å². The van der Waals surface area contributed by atoms with Crippen molar-refractivity contribution < 1.29 is 27.9 Å². The van der Waals surface area contributed by atoms with E-state index in [1.807, 2.05) is 6.92 Å². The highest BCUT2D eigenvalue weighted by molar-refractivity contribution is 7.89. The van der Waals surface area contributed by atoms with Gasteiger partial charge in [0.05, 0.1) is 12.0 Å². The summed E-state index contributed by atoms with van der Waals surface area (Å²) in [7, 11) is -2.35. The van der Waals surface area contributed by atoms with E-state index >= 15 is 0 Å². The van der Waals surface area contributed by atoms with Crippen LogP contribution in [0.4, 0.5) is 0 Å². The SMILES string of the molecule is COC(=O)[C@@H](Cc1ccc(O)cc1)NC(=O)C1CCN(S(=O)(=O)c2ccc(C)cc2)CC1. The maximum Gasteiger partial charge on any atom is 0.328 e. The van der Waals surface area contributed by atoms with Crippen molar-refractivity contribution in [3.63, 3.8) is 0 Å². The molecule has 3 rings (SSSR count). The predicted octanol–water partition coefficient (Wildman–Crippen LogP) is 2.00. The molecule has 2 aromatic carbocycles. The molecule has 1 aliphatic heterocycles. The number of benzene rings is 2. The molecule has 1 fully saturated rings. The van der Waals surface area contributed by atoms with E-state index in [0.717, 1.165) is 11.1 Å². The summed E-state index contributed by atoms with van der Waals surface area (Å²) in [6, 6.07) is 12.2. The Balaban J connectivity index is 1.61. The van der Waals surface area contributed by atoms with Crippen molar-refractivity contribution >= 4 is 21.9 Å². The number of piperidine rings is 1. The van der Waals surface area contributed by atoms with Gasteiger partial charge in [0.1, 0.15) is 11.8 Å². The predicted molar refractivity (Wildman–Crippen MR) is 118 cm³/mol. The summed E-state index contributed by atoms with van der Waals surface area (Å²) in [5, 5.41) is 12.2. The van der Waals surface area contributed by atoms with Crippen LogP contribution in [0.25, 0.3) is 0 Å². The zero-order chi connectivity index (χ0) is 23.3. The standard InChI is InChI=1S/C23H28N2O6S/c1-16-3-9-20(10-4-16)32(29,30)25-13-11-18(12-14-25)22(27)24-21(23(28)31-2)15-17-5-7-19(26)8-6-17/h3-10,18,21,26H,11-15H2,1-2H3,(H,24,27)/t21-/m1/s1. The van der Waals surface area contributed by atoms with Crippen LogP contribution in [0.2, 0.25) is 0 Å². The van der Waals surface area contributed by atoms with Gasteiger partial charge in [-0.2, -0.15) is 4.31 Å². The number of rotatable bonds is 7. The number of phenols is 1. The number of hydrogen-bond acceptors (Lipinski definition) is 6. The van der Waals surface area contributed by atoms with E-state index < -0.39 is 28.0 Å². The topological polar surface area (TPSA) is 113 Å². The van der Waals surface area contributed by atoms with Gasteiger partial charge in [-0.25, -0.2) is 13.2 Å². The van der Waals surface area contributed by atoms with Crippen molar-refractivity contribution in [2.45, 2.75) is 37.1 Å². The number of carbonyl (C=O) groups is 2. The number of aromatic hydroxyl groups is 1. The summed E-state index contributed by atoms with van der Waals surface area (Å²) in [5.41, 5.74) is 1.74. The number of methoxy groups -OCH3 is 1. The van der Waals surface area contributed by atoms with E-state index in [0.29, 0.717) is 12.8 Å². The lowest BCUT2D eigenvalue weighted by molar-refractivity contribution is -0.145. The quantitative estimate of drug-likeness (QED) is 0.611. The molecule has 0 saturated carbocycles. The Morgan fingerprint density at radius 3 is 2.25 bits per heavy atom. The van der Waals surface area contributed by atoms with E-state index in [9.17, 15) is 23.1 Å². The van der Waals surface area contributed by atoms with Crippen LogP contribution in [0.1, 0.15) is 24.0 Å². The average Bonchev–Trinajstić information content (AvgIpc) is 2.79. The first-order chi connectivity index (χ1) is 15.2. The Kier molecular flexibility index (Phi) is 7.52. The second kappa shape index (κ2) is 10.1. The molecule has 0 aromatic heterocycles. The molecular weight excluding hydrogens is 432 g/mol. The number of aryl methyl sites for hydroxylation is 1. The minimum Gasteiger partial charge on any atom is -0.508 e. The third-order valence-electron chi connectivity index (χ3n) is 5.66. The van der Waals surface area contributed by atoms with E-state index in [4.69, 9.17) is 4.74 Å². The number of nitrogens with one attached hydrogen (secondary N) is 1. The van der Waals surface area contributed by atoms with Gasteiger partial charge in [0.25, 0.3) is 0 Å². The van der Waals surface area contributed by atoms with Gasteiger partial charge in [-0.1, -0.05) is 29.8 Å². The molecule has 2 N–H and O–H groups in total. The fourth-order valence-electron chi connectivity index (χ4n) is 3.71. The molecule has 172 valence electrons. The molecule has 9 heteroatoms. The molecule has 1 aliphatic rings. The van der Waals surface area contributed by atoms with Gasteiger partial charge in [-0.15, -0.1) is 0 Å². The van der Waals surface area contributed by atoms with E-state index in [1.54, 1.807) is 36.4 Å². The monoisotopic (exact) mass is 460 g/mol. The van der Waals surface area contributed by atoms with E-state index in [2.05, 4.69) is 5.32 Å². The third kappa shape index (κ3) is 5.66. The van der Waals surface area contributed by atoms with Crippen LogP contribution in [0, 0.1) is 12.8 Å². The highest BCUT2D eigenvalue weighted by Gasteiger charge is 2.33. The molecule has 0 bridgehead atoms. The summed E-state index contributed by atoms with van der Waals surface area (Å²) >= 11 is 0. The van der Waals surface area contributed by atoms with Crippen LogP contribution in [0.3, 0.4) is 0 Å². The highest BCUT2D eigenvalue weighted by Crippen LogP contribution is 2.24. The number of phenolic OH excluding ortho intramolecular Hbond substituents is 1. The van der Waals surface area contributed by atoms with Crippen LogP contribution in [-0.2, 0) is 30.8 Å². The van der Waals surface area contributed by atoms with Gasteiger partial charge >= 0.3 is 5.97 Å². The van der Waals surface area contributed by atoms with Gasteiger partial charge in [0, 0.05) is 25.4 Å². The molecular formula is C23H28N2O6S. The first kappa shape index (κ1) is 23.7. The lowest BCUT2D eigenvalue weighted by Gasteiger charge is -2.31. The summed E-state index contributed by atoms with van der Waals surface area (Å²) < 4.78 is 31.9. The lowest BCUT2D eigenvalue weighted by atomic mass is 9.96. The first-order valence-corrected chi connectivity index (χ1v) is 11.9. The van der Waals surface area contributed by atoms with Crippen LogP contribution < -0.4 is 5.32 Å². The molecule has 2 aromatic rings. The van der Waals surface area contributed by atoms with Crippen molar-refractivity contribution in [3.8, 4) is 5.75 Å². The first-order valence-electron chi connectivity index (χ1n) is 10.4. The van der Waals surface area contributed by atoms with Gasteiger partial charge in [-0.05, 0) is 49.6 Å². The number of nitrogens with zero attached hydrogens (tertiary/aromatic N) is 1. The Morgan fingerprint density at radius 2 is 1.69 bits per heavy atom. The fraction of sp³-hybridized carbons (Fsp3) is 0.391. The van der Waals surface area contributed by atoms with Crippen molar-refractivity contribution in [1.29, 1.82) is 0 Å². The zero-order valence-electron chi connectivity index (χ0n) is 18.2. The average molecular weight is 461 g/mol. The van der Waals surface area contributed by atoms with E-state index in [1.165, 1.54) is 23.5 Å². The summed E-state index contributed by atoms with van der Waals surface area (Å²) in [4.78, 5) is 25.2. The normalized spacial score (nSPS) is 16.3. The molecule has 1 heterocycles. The fourth-order valence-corrected chi connectivity index (χ4v) is 5.18. The Bertz CT molecular complexity index is 1040. The van der Waals surface area contributed by atoms with Crippen molar-refractivity contribution in [2.24, 2.45) is 5.92 Å². The molecule has 0 unspecified atom stereocenters. The van der Waals surface area contributed by atoms with Gasteiger partial charge < -0.3 is 15.2 Å². The summed E-state index contributed by atoms with van der Waals surface area (Å²) in [6.07, 6.45) is 0.952. The second-order valence-electron chi connectivity index (χ2n) is 7.95. The van der Waals surface area contributed by atoms with Gasteiger partial charge in [0.15, 0.2) is 0 Å². The number of hydrogen-bond donors (Lipinski definition) is 2. The number of sulfonamides is 1. The minimum absolute atomic E-state index is 0.111. The largest absolute Gasteiger partial charge is 0.508 e. The van der Waals surface area contributed by atoms with Crippen LogP contribution in [-0.4, -0.2) is 55.9 Å². The smallest absolute Gasteiger partial charge is 0.328 e.